The van der Waals surface area contributed by atoms with Crippen LogP contribution >= 0.6 is 0 Å². The van der Waals surface area contributed by atoms with Crippen molar-refractivity contribution in [1.82, 2.24) is 0 Å². The van der Waals surface area contributed by atoms with E-state index in [0.717, 1.165) is 28.4 Å². The second-order valence-corrected chi connectivity index (χ2v) is 12.3. The maximum atomic E-state index is 15.0. The second-order valence-electron chi connectivity index (χ2n) is 12.3. The fraction of sp³-hybridized carbons (Fsp3) is 0.471. The van der Waals surface area contributed by atoms with E-state index >= 15 is 4.39 Å². The van der Waals surface area contributed by atoms with E-state index in [4.69, 9.17) is 14.2 Å². The Kier molecular flexibility index (Phi) is 7.30. The monoisotopic (exact) mass is 516 g/mol. The van der Waals surface area contributed by atoms with E-state index in [-0.39, 0.29) is 17.3 Å². The summed E-state index contributed by atoms with van der Waals surface area (Å²) in [5.74, 6) is 2.00. The minimum atomic E-state index is -0.284. The molecular weight excluding hydrogens is 475 g/mol. The standard InChI is InChI=1S/C34H41FO3/c1-22-15-17-34(22)16-7-8-24-10-11-26(20-30(24)34)38-21-23-9-13-27(28-19-25(36-5)12-14-31(28)35)29(18-23)32(37-6)33(2,3)4/h9-14,18-20,22,32H,7-8,15-17,21H2,1-6H3/t22-,32+,34+/m1/s1. The van der Waals surface area contributed by atoms with Gasteiger partial charge < -0.3 is 14.2 Å². The first-order valence-electron chi connectivity index (χ1n) is 13.9. The van der Waals surface area contributed by atoms with Crippen LogP contribution in [0.1, 0.15) is 81.7 Å². The lowest BCUT2D eigenvalue weighted by Crippen LogP contribution is -2.45. The zero-order chi connectivity index (χ0) is 27.1. The Morgan fingerprint density at radius 3 is 2.39 bits per heavy atom. The van der Waals surface area contributed by atoms with Crippen LogP contribution in [0, 0.1) is 17.2 Å². The summed E-state index contributed by atoms with van der Waals surface area (Å²) in [6.45, 7) is 9.26. The molecule has 3 nitrogen and oxygen atoms in total. The Morgan fingerprint density at radius 2 is 1.74 bits per heavy atom. The van der Waals surface area contributed by atoms with Gasteiger partial charge in [-0.1, -0.05) is 45.9 Å². The first-order chi connectivity index (χ1) is 18.2. The molecule has 0 aromatic heterocycles. The molecule has 0 aliphatic heterocycles. The largest absolute Gasteiger partial charge is 0.497 e. The predicted octanol–water partition coefficient (Wildman–Crippen LogP) is 8.82. The average molecular weight is 517 g/mol. The number of methoxy groups -OCH3 is 2. The fourth-order valence-electron chi connectivity index (χ4n) is 6.72. The molecule has 2 aliphatic carbocycles. The molecule has 0 amide bonds. The number of benzene rings is 3. The molecule has 0 bridgehead atoms. The van der Waals surface area contributed by atoms with Gasteiger partial charge in [-0.05, 0) is 113 Å². The van der Waals surface area contributed by atoms with Crippen LogP contribution in [-0.4, -0.2) is 14.2 Å². The molecule has 1 saturated carbocycles. The molecule has 1 spiro atoms. The van der Waals surface area contributed by atoms with Gasteiger partial charge in [0.2, 0.25) is 0 Å². The van der Waals surface area contributed by atoms with Crippen molar-refractivity contribution in [3.8, 4) is 22.6 Å². The van der Waals surface area contributed by atoms with Crippen LogP contribution in [-0.2, 0) is 23.2 Å². The number of aryl methyl sites for hydroxylation is 1. The number of ether oxygens (including phenoxy) is 3. The van der Waals surface area contributed by atoms with E-state index in [1.165, 1.54) is 49.3 Å². The molecule has 0 saturated heterocycles. The maximum absolute atomic E-state index is 15.0. The number of halogens is 1. The topological polar surface area (TPSA) is 27.7 Å². The highest BCUT2D eigenvalue weighted by atomic mass is 19.1. The zero-order valence-electron chi connectivity index (χ0n) is 23.7. The third-order valence-electron chi connectivity index (χ3n) is 8.94. The molecule has 5 rings (SSSR count). The minimum Gasteiger partial charge on any atom is -0.497 e. The van der Waals surface area contributed by atoms with E-state index in [0.29, 0.717) is 23.3 Å². The molecule has 1 fully saturated rings. The van der Waals surface area contributed by atoms with Gasteiger partial charge in [0.25, 0.3) is 0 Å². The van der Waals surface area contributed by atoms with Gasteiger partial charge in [-0.25, -0.2) is 4.39 Å². The van der Waals surface area contributed by atoms with Crippen molar-refractivity contribution < 1.29 is 18.6 Å². The zero-order valence-corrected chi connectivity index (χ0v) is 23.7. The van der Waals surface area contributed by atoms with Crippen molar-refractivity contribution in [3.05, 3.63) is 82.7 Å². The van der Waals surface area contributed by atoms with Crippen LogP contribution < -0.4 is 9.47 Å². The third-order valence-corrected chi connectivity index (χ3v) is 8.94. The Labute approximate surface area is 227 Å². The Hall–Kier alpha value is -2.85. The van der Waals surface area contributed by atoms with E-state index in [1.807, 2.05) is 12.1 Å². The summed E-state index contributed by atoms with van der Waals surface area (Å²) in [5, 5.41) is 0. The van der Waals surface area contributed by atoms with Crippen LogP contribution in [0.15, 0.2) is 54.6 Å². The van der Waals surface area contributed by atoms with E-state index in [2.05, 4.69) is 52.0 Å². The molecule has 3 aromatic rings. The lowest BCUT2D eigenvalue weighted by Gasteiger charge is -2.52. The van der Waals surface area contributed by atoms with Crippen molar-refractivity contribution in [2.24, 2.45) is 11.3 Å². The van der Waals surface area contributed by atoms with Crippen LogP contribution in [0.5, 0.6) is 11.5 Å². The van der Waals surface area contributed by atoms with E-state index in [1.54, 1.807) is 26.4 Å². The molecule has 2 aliphatic rings. The molecule has 0 unspecified atom stereocenters. The molecule has 0 radical (unpaired) electrons. The van der Waals surface area contributed by atoms with Crippen molar-refractivity contribution in [2.45, 2.75) is 77.9 Å². The molecule has 0 heterocycles. The smallest absolute Gasteiger partial charge is 0.131 e. The van der Waals surface area contributed by atoms with Crippen LogP contribution in [0.3, 0.4) is 0 Å². The number of rotatable bonds is 7. The second kappa shape index (κ2) is 10.4. The first-order valence-corrected chi connectivity index (χ1v) is 13.9. The molecule has 3 atom stereocenters. The van der Waals surface area contributed by atoms with Crippen molar-refractivity contribution >= 4 is 0 Å². The first kappa shape index (κ1) is 26.7. The highest BCUT2D eigenvalue weighted by molar-refractivity contribution is 5.70. The van der Waals surface area contributed by atoms with Gasteiger partial charge >= 0.3 is 0 Å². The highest BCUT2D eigenvalue weighted by Crippen LogP contribution is 2.55. The third kappa shape index (κ3) is 4.84. The van der Waals surface area contributed by atoms with Crippen LogP contribution in [0.4, 0.5) is 4.39 Å². The fourth-order valence-corrected chi connectivity index (χ4v) is 6.72. The molecule has 0 N–H and O–H groups in total. The van der Waals surface area contributed by atoms with Crippen molar-refractivity contribution in [2.75, 3.05) is 14.2 Å². The summed E-state index contributed by atoms with van der Waals surface area (Å²) in [7, 11) is 3.31. The number of hydrogen-bond acceptors (Lipinski definition) is 3. The van der Waals surface area contributed by atoms with Crippen LogP contribution in [0.25, 0.3) is 11.1 Å². The summed E-state index contributed by atoms with van der Waals surface area (Å²) < 4.78 is 32.8. The molecular formula is C34H41FO3. The highest BCUT2D eigenvalue weighted by Gasteiger charge is 2.47. The van der Waals surface area contributed by atoms with Gasteiger partial charge in [-0.2, -0.15) is 0 Å². The Balaban J connectivity index is 1.47. The van der Waals surface area contributed by atoms with E-state index < -0.39 is 0 Å². The summed E-state index contributed by atoms with van der Waals surface area (Å²) >= 11 is 0. The van der Waals surface area contributed by atoms with Gasteiger partial charge in [0.05, 0.1) is 13.2 Å². The van der Waals surface area contributed by atoms with Gasteiger partial charge in [0.1, 0.15) is 23.9 Å². The summed E-state index contributed by atoms with van der Waals surface area (Å²) in [5.41, 5.74) is 6.45. The summed E-state index contributed by atoms with van der Waals surface area (Å²) in [4.78, 5) is 0. The molecule has 202 valence electrons. The summed E-state index contributed by atoms with van der Waals surface area (Å²) in [6.07, 6.45) is 6.13. The normalized spacial score (nSPS) is 21.5. The predicted molar refractivity (Wildman–Crippen MR) is 151 cm³/mol. The average Bonchev–Trinajstić information content (AvgIpc) is 2.90. The maximum Gasteiger partial charge on any atom is 0.131 e. The van der Waals surface area contributed by atoms with E-state index in [9.17, 15) is 0 Å². The molecule has 38 heavy (non-hydrogen) atoms. The molecule has 3 aromatic carbocycles. The van der Waals surface area contributed by atoms with Crippen molar-refractivity contribution in [1.29, 1.82) is 0 Å². The Morgan fingerprint density at radius 1 is 0.947 bits per heavy atom. The van der Waals surface area contributed by atoms with Gasteiger partial charge in [0.15, 0.2) is 0 Å². The quantitative estimate of drug-likeness (QED) is 0.314. The lowest BCUT2D eigenvalue weighted by atomic mass is 9.52. The van der Waals surface area contributed by atoms with Gasteiger partial charge in [0, 0.05) is 12.7 Å². The van der Waals surface area contributed by atoms with Gasteiger partial charge in [-0.3, -0.25) is 0 Å². The molecule has 4 heteroatoms. The van der Waals surface area contributed by atoms with Gasteiger partial charge in [-0.15, -0.1) is 0 Å². The lowest BCUT2D eigenvalue weighted by molar-refractivity contribution is 0.0155. The minimum absolute atomic E-state index is 0.190. The summed E-state index contributed by atoms with van der Waals surface area (Å²) in [6, 6.07) is 17.7. The number of fused-ring (bicyclic) bond motifs is 2. The number of hydrogen-bond donors (Lipinski definition) is 0. The Bertz CT molecular complexity index is 1310. The van der Waals surface area contributed by atoms with Crippen LogP contribution in [0.2, 0.25) is 0 Å². The SMILES string of the molecule is COc1ccc(F)c(-c2ccc(COc3ccc4c(c3)[C@@]3(CCC4)CC[C@H]3C)cc2[C@H](OC)C(C)(C)C)c1. The van der Waals surface area contributed by atoms with Crippen molar-refractivity contribution in [3.63, 3.8) is 0 Å².